The highest BCUT2D eigenvalue weighted by Gasteiger charge is 2.29. The normalized spacial score (nSPS) is 15.4. The van der Waals surface area contributed by atoms with Gasteiger partial charge < -0.3 is 19.4 Å². The predicted molar refractivity (Wildman–Crippen MR) is 134 cm³/mol. The van der Waals surface area contributed by atoms with Crippen LogP contribution in [0.15, 0.2) is 41.3 Å². The molecule has 0 unspecified atom stereocenters. The Morgan fingerprint density at radius 2 is 1.54 bits per heavy atom. The summed E-state index contributed by atoms with van der Waals surface area (Å²) in [5.41, 5.74) is 1.42. The molecule has 9 nitrogen and oxygen atoms in total. The van der Waals surface area contributed by atoms with Crippen LogP contribution in [-0.2, 0) is 9.47 Å². The molecule has 1 saturated heterocycles. The second kappa shape index (κ2) is 8.94. The topological polar surface area (TPSA) is 98.6 Å². The molecule has 3 aromatic rings. The van der Waals surface area contributed by atoms with Gasteiger partial charge in [-0.05, 0) is 72.6 Å². The smallest absolute Gasteiger partial charge is 0.418 e. The number of para-hydroxylation sites is 1. The third-order valence-corrected chi connectivity index (χ3v) is 5.85. The van der Waals surface area contributed by atoms with Crippen LogP contribution in [0.4, 0.5) is 9.59 Å². The first-order valence-corrected chi connectivity index (χ1v) is 12.0. The quantitative estimate of drug-likeness (QED) is 0.544. The summed E-state index contributed by atoms with van der Waals surface area (Å²) in [6, 6.07) is 9.21. The number of hydrogen-bond acceptors (Lipinski definition) is 5. The number of rotatable bonds is 2. The van der Waals surface area contributed by atoms with Crippen LogP contribution < -0.4 is 5.69 Å². The Bertz CT molecular complexity index is 1290. The summed E-state index contributed by atoms with van der Waals surface area (Å²) in [5, 5.41) is 0. The number of imidazole rings is 1. The van der Waals surface area contributed by atoms with Gasteiger partial charge in [0.2, 0.25) is 0 Å². The minimum atomic E-state index is -0.629. The minimum Gasteiger partial charge on any atom is -0.444 e. The van der Waals surface area contributed by atoms with Crippen LogP contribution in [-0.4, -0.2) is 55.5 Å². The van der Waals surface area contributed by atoms with Crippen LogP contribution in [0.3, 0.4) is 0 Å². The Kier molecular flexibility index (Phi) is 6.29. The summed E-state index contributed by atoms with van der Waals surface area (Å²) in [4.78, 5) is 43.0. The number of fused-ring (bicyclic) bond motifs is 1. The first-order valence-electron chi connectivity index (χ1n) is 12.0. The zero-order valence-electron chi connectivity index (χ0n) is 21.3. The number of carbonyl (C=O) groups excluding carboxylic acids is 2. The van der Waals surface area contributed by atoms with Crippen molar-refractivity contribution in [3.8, 4) is 11.3 Å². The van der Waals surface area contributed by atoms with E-state index in [0.717, 1.165) is 11.1 Å². The SMILES string of the molecule is CC(C)(C)OC(=O)N1CCC(n2c(=O)[nH]c3c(-c4cccn4C(=O)OC(C)(C)C)cccc32)CC1. The van der Waals surface area contributed by atoms with Crippen molar-refractivity contribution in [3.05, 3.63) is 47.0 Å². The van der Waals surface area contributed by atoms with E-state index in [1.165, 1.54) is 4.57 Å². The molecule has 0 aliphatic carbocycles. The molecule has 1 aromatic carbocycles. The number of aromatic nitrogens is 3. The second-order valence-electron chi connectivity index (χ2n) is 10.9. The van der Waals surface area contributed by atoms with Crippen LogP contribution in [0, 0.1) is 0 Å². The number of nitrogens with zero attached hydrogens (tertiary/aromatic N) is 3. The Morgan fingerprint density at radius 1 is 0.914 bits per heavy atom. The van der Waals surface area contributed by atoms with Gasteiger partial charge in [0, 0.05) is 30.9 Å². The van der Waals surface area contributed by atoms with E-state index < -0.39 is 17.3 Å². The number of amides is 1. The van der Waals surface area contributed by atoms with Gasteiger partial charge in [0.05, 0.1) is 16.7 Å². The summed E-state index contributed by atoms with van der Waals surface area (Å²) < 4.78 is 14.3. The fourth-order valence-corrected chi connectivity index (χ4v) is 4.43. The van der Waals surface area contributed by atoms with Gasteiger partial charge in [-0.1, -0.05) is 12.1 Å². The Hall–Kier alpha value is -3.49. The molecule has 1 N–H and O–H groups in total. The van der Waals surface area contributed by atoms with Crippen molar-refractivity contribution in [2.75, 3.05) is 13.1 Å². The number of ether oxygens (including phenoxy) is 2. The molecule has 0 saturated carbocycles. The Labute approximate surface area is 204 Å². The van der Waals surface area contributed by atoms with Gasteiger partial charge in [0.15, 0.2) is 0 Å². The van der Waals surface area contributed by atoms with Crippen molar-refractivity contribution < 1.29 is 19.1 Å². The van der Waals surface area contributed by atoms with E-state index >= 15 is 0 Å². The van der Waals surface area contributed by atoms with E-state index in [-0.39, 0.29) is 17.8 Å². The lowest BCUT2D eigenvalue weighted by Gasteiger charge is -2.33. The van der Waals surface area contributed by atoms with E-state index in [4.69, 9.17) is 9.47 Å². The minimum absolute atomic E-state index is 0.0529. The van der Waals surface area contributed by atoms with E-state index in [9.17, 15) is 14.4 Å². The first-order chi connectivity index (χ1) is 16.3. The molecule has 1 aliphatic heterocycles. The molecule has 9 heteroatoms. The fraction of sp³-hybridized carbons (Fsp3) is 0.500. The van der Waals surface area contributed by atoms with Gasteiger partial charge in [0.1, 0.15) is 11.2 Å². The standard InChI is InChI=1S/C26H34N4O5/c1-25(2,3)34-23(32)28-15-12-17(13-16-28)30-20-10-7-9-18(21(20)27-22(30)31)19-11-8-14-29(19)24(33)35-26(4,5)6/h7-11,14,17H,12-13,15-16H2,1-6H3,(H,27,31). The maximum absolute atomic E-state index is 13.1. The number of nitrogens with one attached hydrogen (secondary N) is 1. The van der Waals surface area contributed by atoms with Crippen molar-refractivity contribution >= 4 is 23.2 Å². The molecule has 4 rings (SSSR count). The lowest BCUT2D eigenvalue weighted by atomic mass is 10.0. The van der Waals surface area contributed by atoms with Gasteiger partial charge >= 0.3 is 17.9 Å². The van der Waals surface area contributed by atoms with Crippen LogP contribution in [0.2, 0.25) is 0 Å². The molecule has 0 radical (unpaired) electrons. The zero-order chi connectivity index (χ0) is 25.5. The fourth-order valence-electron chi connectivity index (χ4n) is 4.43. The van der Waals surface area contributed by atoms with Crippen molar-refractivity contribution in [2.24, 2.45) is 0 Å². The van der Waals surface area contributed by atoms with Crippen molar-refractivity contribution in [1.29, 1.82) is 0 Å². The number of H-pyrrole nitrogens is 1. The third-order valence-electron chi connectivity index (χ3n) is 5.85. The van der Waals surface area contributed by atoms with Crippen LogP contribution in [0.1, 0.15) is 60.4 Å². The molecule has 2 aromatic heterocycles. The van der Waals surface area contributed by atoms with Crippen LogP contribution in [0.5, 0.6) is 0 Å². The lowest BCUT2D eigenvalue weighted by Crippen LogP contribution is -2.43. The third kappa shape index (κ3) is 5.28. The van der Waals surface area contributed by atoms with E-state index in [1.807, 2.05) is 65.8 Å². The van der Waals surface area contributed by atoms with Gasteiger partial charge in [-0.2, -0.15) is 0 Å². The summed E-state index contributed by atoms with van der Waals surface area (Å²) >= 11 is 0. The number of carbonyl (C=O) groups is 2. The maximum atomic E-state index is 13.1. The average Bonchev–Trinajstić information content (AvgIpc) is 3.35. The average molecular weight is 483 g/mol. The van der Waals surface area contributed by atoms with Crippen LogP contribution in [0.25, 0.3) is 22.3 Å². The number of benzene rings is 1. The molecule has 0 atom stereocenters. The van der Waals surface area contributed by atoms with Gasteiger partial charge in [-0.3, -0.25) is 9.13 Å². The summed E-state index contributed by atoms with van der Waals surface area (Å²) in [5.74, 6) is 0. The number of piperidine rings is 1. The molecule has 0 bridgehead atoms. The van der Waals surface area contributed by atoms with E-state index in [0.29, 0.717) is 37.1 Å². The number of hydrogen-bond donors (Lipinski definition) is 1. The molecule has 1 fully saturated rings. The summed E-state index contributed by atoms with van der Waals surface area (Å²) in [6.07, 6.45) is 2.14. The molecule has 0 spiro atoms. The zero-order valence-corrected chi connectivity index (χ0v) is 21.3. The predicted octanol–water partition coefficient (Wildman–Crippen LogP) is 5.15. The molecule has 1 aliphatic rings. The largest absolute Gasteiger partial charge is 0.444 e. The maximum Gasteiger partial charge on any atom is 0.418 e. The Morgan fingerprint density at radius 3 is 2.17 bits per heavy atom. The summed E-state index contributed by atoms with van der Waals surface area (Å²) in [7, 11) is 0. The van der Waals surface area contributed by atoms with Crippen LogP contribution >= 0.6 is 0 Å². The van der Waals surface area contributed by atoms with E-state index in [2.05, 4.69) is 4.98 Å². The molecule has 188 valence electrons. The second-order valence-corrected chi connectivity index (χ2v) is 10.9. The molecular weight excluding hydrogens is 448 g/mol. The van der Waals surface area contributed by atoms with E-state index in [1.54, 1.807) is 21.7 Å². The van der Waals surface area contributed by atoms with Gasteiger partial charge in [-0.25, -0.2) is 14.4 Å². The lowest BCUT2D eigenvalue weighted by molar-refractivity contribution is 0.0188. The van der Waals surface area contributed by atoms with Crippen molar-refractivity contribution in [1.82, 2.24) is 19.0 Å². The molecule has 35 heavy (non-hydrogen) atoms. The molecule has 3 heterocycles. The first kappa shape index (κ1) is 24.6. The Balaban J connectivity index is 1.62. The monoisotopic (exact) mass is 482 g/mol. The van der Waals surface area contributed by atoms with Gasteiger partial charge in [0.25, 0.3) is 0 Å². The van der Waals surface area contributed by atoms with Gasteiger partial charge in [-0.15, -0.1) is 0 Å². The number of likely N-dealkylation sites (tertiary alicyclic amines) is 1. The summed E-state index contributed by atoms with van der Waals surface area (Å²) in [6.45, 7) is 12.0. The number of aromatic amines is 1. The highest BCUT2D eigenvalue weighted by Crippen LogP contribution is 2.31. The molecular formula is C26H34N4O5. The highest BCUT2D eigenvalue weighted by molar-refractivity contribution is 5.93. The van der Waals surface area contributed by atoms with Crippen molar-refractivity contribution in [2.45, 2.75) is 71.6 Å². The molecule has 1 amide bonds. The highest BCUT2D eigenvalue weighted by atomic mass is 16.6. The van der Waals surface area contributed by atoms with Crippen molar-refractivity contribution in [3.63, 3.8) is 0 Å².